The fourth-order valence-corrected chi connectivity index (χ4v) is 11.8. The minimum absolute atomic E-state index is 0.0140. The molecular formula is C40H66O14. The van der Waals surface area contributed by atoms with Crippen molar-refractivity contribution in [3.05, 3.63) is 23.8 Å². The molecule has 2 aliphatic heterocycles. The van der Waals surface area contributed by atoms with Crippen LogP contribution in [0, 0.1) is 46.3 Å². The molecule has 14 nitrogen and oxygen atoms in total. The van der Waals surface area contributed by atoms with Crippen LogP contribution in [0.2, 0.25) is 0 Å². The molecule has 21 atom stereocenters. The number of aliphatic hydroxyl groups is 9. The van der Waals surface area contributed by atoms with Crippen molar-refractivity contribution in [2.24, 2.45) is 46.3 Å². The van der Waals surface area contributed by atoms with Crippen LogP contribution < -0.4 is 0 Å². The van der Waals surface area contributed by atoms with Crippen molar-refractivity contribution in [3.63, 3.8) is 0 Å². The Bertz CT molecular complexity index is 1350. The summed E-state index contributed by atoms with van der Waals surface area (Å²) < 4.78 is 28.5. The standard InChI is InChI=1S/C40H66O14/c1-7-21(20(3)16-51-36-33(48)29(44)25(42)17-52-36)9-8-19(2)28-31(46)32(47)35-39(28,5)13-11-27-38(4)12-10-22(14-23(38)24(41)15-40(27,35)49)54-37-34(50-6)30(45)26(43)18-53-37/h8-9,14,19-22,24-37,41-49H,7,10-13,15-18H2,1-6H3/b9-8+/t19-,20-,21-,22+,24-,25-,26-,27-,28+,29+,30+,31-,32+,33-,34-,35-,36-,37+,38+,39-,40+/m1/s1. The van der Waals surface area contributed by atoms with Gasteiger partial charge in [0.2, 0.25) is 0 Å². The van der Waals surface area contributed by atoms with Crippen LogP contribution in [0.1, 0.15) is 73.1 Å². The van der Waals surface area contributed by atoms with Gasteiger partial charge in [0, 0.05) is 19.4 Å². The third-order valence-electron chi connectivity index (χ3n) is 14.7. The van der Waals surface area contributed by atoms with Crippen molar-refractivity contribution >= 4 is 0 Å². The van der Waals surface area contributed by atoms with Gasteiger partial charge >= 0.3 is 0 Å². The molecule has 3 saturated carbocycles. The van der Waals surface area contributed by atoms with Gasteiger partial charge in [-0.25, -0.2) is 0 Å². The average molecular weight is 771 g/mol. The molecule has 0 bridgehead atoms. The number of rotatable bonds is 11. The molecule has 14 heteroatoms. The zero-order valence-electron chi connectivity index (χ0n) is 32.6. The molecule has 0 amide bonds. The van der Waals surface area contributed by atoms with E-state index in [1.165, 1.54) is 7.11 Å². The number of allylic oxidation sites excluding steroid dienone is 2. The Morgan fingerprint density at radius 2 is 1.52 bits per heavy atom. The van der Waals surface area contributed by atoms with Gasteiger partial charge in [-0.3, -0.25) is 0 Å². The Morgan fingerprint density at radius 3 is 2.19 bits per heavy atom. The molecule has 4 aliphatic carbocycles. The highest BCUT2D eigenvalue weighted by atomic mass is 16.7. The molecule has 2 saturated heterocycles. The van der Waals surface area contributed by atoms with E-state index in [0.29, 0.717) is 25.7 Å². The van der Waals surface area contributed by atoms with Gasteiger partial charge in [-0.15, -0.1) is 0 Å². The first-order chi connectivity index (χ1) is 25.4. The first kappa shape index (κ1) is 42.5. The van der Waals surface area contributed by atoms with E-state index in [1.54, 1.807) is 0 Å². The lowest BCUT2D eigenvalue weighted by atomic mass is 9.43. The maximum Gasteiger partial charge on any atom is 0.187 e. The second-order valence-electron chi connectivity index (χ2n) is 17.9. The fraction of sp³-hybridized carbons (Fsp3) is 0.900. The van der Waals surface area contributed by atoms with Gasteiger partial charge < -0.3 is 69.6 Å². The van der Waals surface area contributed by atoms with E-state index in [0.717, 1.165) is 12.0 Å². The predicted molar refractivity (Wildman–Crippen MR) is 193 cm³/mol. The molecule has 310 valence electrons. The van der Waals surface area contributed by atoms with Gasteiger partial charge in [-0.1, -0.05) is 52.8 Å². The van der Waals surface area contributed by atoms with Crippen molar-refractivity contribution in [3.8, 4) is 0 Å². The van der Waals surface area contributed by atoms with Crippen molar-refractivity contribution in [1.29, 1.82) is 0 Å². The highest BCUT2D eigenvalue weighted by Gasteiger charge is 2.72. The van der Waals surface area contributed by atoms with Crippen LogP contribution in [0.3, 0.4) is 0 Å². The Morgan fingerprint density at radius 1 is 0.852 bits per heavy atom. The predicted octanol–water partition coefficient (Wildman–Crippen LogP) is 0.381. The molecule has 0 radical (unpaired) electrons. The first-order valence-electron chi connectivity index (χ1n) is 20.0. The summed E-state index contributed by atoms with van der Waals surface area (Å²) in [6.07, 6.45) is -3.27. The van der Waals surface area contributed by atoms with Crippen molar-refractivity contribution < 1.29 is 69.6 Å². The summed E-state index contributed by atoms with van der Waals surface area (Å²) in [6, 6.07) is 0. The molecule has 6 rings (SSSR count). The zero-order valence-corrected chi connectivity index (χ0v) is 32.6. The SMILES string of the molecule is CC[C@H](/C=C/[C@@H](C)[C@H]1[C@@H](O)[C@H](O)[C@@H]2[C@]1(C)CC[C@H]1[C@@]2(O)C[C@@H](O)C2=C[C@@H](O[C@@H]3OC[C@@H](O)[C@H](O)[C@H]3OC)CC[C@@]21C)[C@H](C)CO[C@@H]1OC[C@@H](O)[C@H](O)[C@H]1O. The zero-order chi connectivity index (χ0) is 39.5. The summed E-state index contributed by atoms with van der Waals surface area (Å²) >= 11 is 0. The second kappa shape index (κ2) is 16.3. The molecule has 5 fully saturated rings. The van der Waals surface area contributed by atoms with Gasteiger partial charge in [-0.2, -0.15) is 0 Å². The summed E-state index contributed by atoms with van der Waals surface area (Å²) in [6.45, 7) is 10.3. The second-order valence-corrected chi connectivity index (χ2v) is 17.9. The molecule has 0 aromatic rings. The van der Waals surface area contributed by atoms with Gasteiger partial charge in [0.25, 0.3) is 0 Å². The highest BCUT2D eigenvalue weighted by Crippen LogP contribution is 2.69. The molecule has 0 unspecified atom stereocenters. The van der Waals surface area contributed by atoms with Gasteiger partial charge in [-0.05, 0) is 78.1 Å². The van der Waals surface area contributed by atoms with Crippen molar-refractivity contribution in [2.75, 3.05) is 26.9 Å². The smallest absolute Gasteiger partial charge is 0.187 e. The number of hydrogen-bond donors (Lipinski definition) is 9. The monoisotopic (exact) mass is 770 g/mol. The molecule has 0 aromatic carbocycles. The Kier molecular flexibility index (Phi) is 12.8. The van der Waals surface area contributed by atoms with E-state index in [1.807, 2.05) is 19.9 Å². The van der Waals surface area contributed by atoms with Gasteiger partial charge in [0.1, 0.15) is 36.6 Å². The number of methoxy groups -OCH3 is 1. The molecular weight excluding hydrogens is 704 g/mol. The summed E-state index contributed by atoms with van der Waals surface area (Å²) in [4.78, 5) is 0. The Hall–Kier alpha value is -1.08. The normalized spacial score (nSPS) is 51.2. The van der Waals surface area contributed by atoms with Gasteiger partial charge in [0.15, 0.2) is 12.6 Å². The minimum Gasteiger partial charge on any atom is -0.390 e. The van der Waals surface area contributed by atoms with E-state index in [4.69, 9.17) is 23.7 Å². The fourth-order valence-electron chi connectivity index (χ4n) is 11.8. The Labute approximate surface area is 318 Å². The lowest BCUT2D eigenvalue weighted by molar-refractivity contribution is -0.285. The summed E-state index contributed by atoms with van der Waals surface area (Å²) in [5.74, 6) is -1.36. The largest absolute Gasteiger partial charge is 0.390 e. The van der Waals surface area contributed by atoms with Crippen LogP contribution in [0.4, 0.5) is 0 Å². The summed E-state index contributed by atoms with van der Waals surface area (Å²) in [5.41, 5.74) is -1.87. The van der Waals surface area contributed by atoms with E-state index >= 15 is 0 Å². The van der Waals surface area contributed by atoms with Crippen LogP contribution in [0.5, 0.6) is 0 Å². The molecule has 0 aromatic heterocycles. The molecule has 2 heterocycles. The number of fused-ring (bicyclic) bond motifs is 5. The average Bonchev–Trinajstić information content (AvgIpc) is 3.33. The van der Waals surface area contributed by atoms with Crippen LogP contribution >= 0.6 is 0 Å². The Balaban J connectivity index is 1.15. The number of hydrogen-bond acceptors (Lipinski definition) is 14. The van der Waals surface area contributed by atoms with Gasteiger partial charge in [0.05, 0.1) is 49.8 Å². The van der Waals surface area contributed by atoms with E-state index in [-0.39, 0.29) is 55.8 Å². The first-order valence-corrected chi connectivity index (χ1v) is 20.0. The third kappa shape index (κ3) is 7.29. The van der Waals surface area contributed by atoms with Crippen molar-refractivity contribution in [1.82, 2.24) is 0 Å². The maximum atomic E-state index is 12.8. The van der Waals surface area contributed by atoms with Crippen molar-refractivity contribution in [2.45, 2.75) is 152 Å². The highest BCUT2D eigenvalue weighted by molar-refractivity contribution is 5.33. The number of ether oxygens (including phenoxy) is 5. The summed E-state index contributed by atoms with van der Waals surface area (Å²) in [5, 5.41) is 98.7. The van der Waals surface area contributed by atoms with E-state index < -0.39 is 96.0 Å². The van der Waals surface area contributed by atoms with Crippen LogP contribution in [0.25, 0.3) is 0 Å². The third-order valence-corrected chi connectivity index (χ3v) is 14.7. The number of aliphatic hydroxyl groups excluding tert-OH is 8. The molecule has 9 N–H and O–H groups in total. The quantitative estimate of drug-likeness (QED) is 0.130. The van der Waals surface area contributed by atoms with Crippen LogP contribution in [-0.2, 0) is 23.7 Å². The van der Waals surface area contributed by atoms with E-state index in [9.17, 15) is 46.0 Å². The maximum absolute atomic E-state index is 12.8. The summed E-state index contributed by atoms with van der Waals surface area (Å²) in [7, 11) is 1.42. The lowest BCUT2D eigenvalue weighted by Gasteiger charge is -2.63. The minimum atomic E-state index is -1.44. The molecule has 6 aliphatic rings. The molecule has 0 spiro atoms. The topological polar surface area (TPSA) is 228 Å². The lowest BCUT2D eigenvalue weighted by Crippen LogP contribution is -2.66. The van der Waals surface area contributed by atoms with Crippen LogP contribution in [-0.4, -0.2) is 152 Å². The molecule has 54 heavy (non-hydrogen) atoms. The van der Waals surface area contributed by atoms with E-state index in [2.05, 4.69) is 32.9 Å². The van der Waals surface area contributed by atoms with Crippen LogP contribution in [0.15, 0.2) is 23.8 Å².